The van der Waals surface area contributed by atoms with Crippen molar-refractivity contribution in [3.8, 4) is 0 Å². The second-order valence-electron chi connectivity index (χ2n) is 7.06. The van der Waals surface area contributed by atoms with E-state index in [4.69, 9.17) is 18.9 Å². The molecule has 24 heavy (non-hydrogen) atoms. The molecule has 5 atom stereocenters. The average molecular weight is 342 g/mol. The van der Waals surface area contributed by atoms with Crippen LogP contribution in [0, 0.1) is 5.92 Å². The third-order valence-corrected chi connectivity index (χ3v) is 4.92. The van der Waals surface area contributed by atoms with Gasteiger partial charge in [0.2, 0.25) is 0 Å². The standard InChI is InChI=1S/C18H30O6/c1-7-9-12(16(20)21-6)13-10-14(19)18(11(3)22-13)15(8-2)23-17(4,5)24-18/h12-15,19H,3,7-10H2,1-2,4-6H3/t12?,13?,14-,15?,18?/m1/s1. The SMILES string of the molecule is C=C1OC(C(CCC)C(=O)OC)C[C@@H](O)C12OC(C)(C)OC2CC. The Balaban J connectivity index is 2.26. The van der Waals surface area contributed by atoms with Crippen molar-refractivity contribution in [3.05, 3.63) is 12.3 Å². The van der Waals surface area contributed by atoms with Gasteiger partial charge in [0.15, 0.2) is 11.4 Å². The van der Waals surface area contributed by atoms with Gasteiger partial charge in [-0.3, -0.25) is 4.79 Å². The first-order chi connectivity index (χ1) is 11.2. The molecule has 2 fully saturated rings. The highest BCUT2D eigenvalue weighted by atomic mass is 16.8. The first-order valence-corrected chi connectivity index (χ1v) is 8.71. The number of ether oxygens (including phenoxy) is 4. The first kappa shape index (κ1) is 19.2. The van der Waals surface area contributed by atoms with Crippen LogP contribution in [0.25, 0.3) is 0 Å². The highest BCUT2D eigenvalue weighted by molar-refractivity contribution is 5.73. The van der Waals surface area contributed by atoms with Crippen molar-refractivity contribution in [2.24, 2.45) is 5.92 Å². The lowest BCUT2D eigenvalue weighted by molar-refractivity contribution is -0.210. The van der Waals surface area contributed by atoms with Gasteiger partial charge in [0.1, 0.15) is 11.9 Å². The fraction of sp³-hybridized carbons (Fsp3) is 0.833. The molecule has 2 aliphatic rings. The molecule has 138 valence electrons. The fourth-order valence-corrected chi connectivity index (χ4v) is 3.90. The van der Waals surface area contributed by atoms with Crippen molar-refractivity contribution >= 4 is 5.97 Å². The summed E-state index contributed by atoms with van der Waals surface area (Å²) in [6.07, 6.45) is 0.688. The van der Waals surface area contributed by atoms with Crippen LogP contribution in [0.4, 0.5) is 0 Å². The first-order valence-electron chi connectivity index (χ1n) is 8.71. The lowest BCUT2D eigenvalue weighted by Gasteiger charge is -2.45. The number of rotatable bonds is 5. The molecule has 0 amide bonds. The molecule has 2 rings (SSSR count). The van der Waals surface area contributed by atoms with Gasteiger partial charge in [0.25, 0.3) is 0 Å². The summed E-state index contributed by atoms with van der Waals surface area (Å²) in [7, 11) is 1.37. The number of aliphatic hydroxyl groups is 1. The number of hydrogen-bond acceptors (Lipinski definition) is 6. The van der Waals surface area contributed by atoms with E-state index in [-0.39, 0.29) is 18.5 Å². The smallest absolute Gasteiger partial charge is 0.312 e. The Kier molecular flexibility index (Phi) is 5.62. The molecule has 6 nitrogen and oxygen atoms in total. The number of aliphatic hydroxyl groups excluding tert-OH is 1. The van der Waals surface area contributed by atoms with Crippen LogP contribution in [0.5, 0.6) is 0 Å². The molecule has 0 aromatic carbocycles. The van der Waals surface area contributed by atoms with Crippen LogP contribution in [0.2, 0.25) is 0 Å². The van der Waals surface area contributed by atoms with Gasteiger partial charge in [-0.1, -0.05) is 26.8 Å². The van der Waals surface area contributed by atoms with Crippen molar-refractivity contribution in [1.82, 2.24) is 0 Å². The van der Waals surface area contributed by atoms with Crippen LogP contribution in [-0.2, 0) is 23.7 Å². The molecule has 1 N–H and O–H groups in total. The average Bonchev–Trinajstić information content (AvgIpc) is 2.81. The van der Waals surface area contributed by atoms with E-state index in [0.717, 1.165) is 6.42 Å². The Labute approximate surface area is 144 Å². The lowest BCUT2D eigenvalue weighted by Crippen LogP contribution is -2.58. The maximum absolute atomic E-state index is 12.1. The van der Waals surface area contributed by atoms with E-state index in [2.05, 4.69) is 6.58 Å². The molecule has 2 saturated heterocycles. The molecule has 2 aliphatic heterocycles. The van der Waals surface area contributed by atoms with Gasteiger partial charge in [-0.2, -0.15) is 0 Å². The second-order valence-corrected chi connectivity index (χ2v) is 7.06. The molecule has 0 radical (unpaired) electrons. The number of carbonyl (C=O) groups excluding carboxylic acids is 1. The van der Waals surface area contributed by atoms with Crippen molar-refractivity contribution < 1.29 is 28.8 Å². The van der Waals surface area contributed by atoms with E-state index >= 15 is 0 Å². The van der Waals surface area contributed by atoms with Crippen molar-refractivity contribution in [3.63, 3.8) is 0 Å². The molecular weight excluding hydrogens is 312 g/mol. The summed E-state index contributed by atoms with van der Waals surface area (Å²) in [5.74, 6) is -1.26. The van der Waals surface area contributed by atoms with Crippen LogP contribution in [0.3, 0.4) is 0 Å². The van der Waals surface area contributed by atoms with E-state index in [9.17, 15) is 9.90 Å². The molecule has 0 bridgehead atoms. The Hall–Kier alpha value is -1.11. The predicted octanol–water partition coefficient (Wildman–Crippen LogP) is 2.54. The molecule has 0 aromatic heterocycles. The third kappa shape index (κ3) is 3.19. The summed E-state index contributed by atoms with van der Waals surface area (Å²) < 4.78 is 22.9. The van der Waals surface area contributed by atoms with Crippen molar-refractivity contribution in [2.45, 2.75) is 83.1 Å². The fourth-order valence-electron chi connectivity index (χ4n) is 3.90. The highest BCUT2D eigenvalue weighted by Crippen LogP contribution is 2.49. The Morgan fingerprint density at radius 1 is 1.46 bits per heavy atom. The van der Waals surface area contributed by atoms with Crippen LogP contribution < -0.4 is 0 Å². The minimum Gasteiger partial charge on any atom is -0.491 e. The zero-order chi connectivity index (χ0) is 18.1. The van der Waals surface area contributed by atoms with E-state index in [1.807, 2.05) is 27.7 Å². The zero-order valence-corrected chi connectivity index (χ0v) is 15.3. The van der Waals surface area contributed by atoms with Crippen LogP contribution in [0.15, 0.2) is 12.3 Å². The molecule has 6 heteroatoms. The molecular formula is C18H30O6. The third-order valence-electron chi connectivity index (χ3n) is 4.92. The largest absolute Gasteiger partial charge is 0.491 e. The number of methoxy groups -OCH3 is 1. The predicted molar refractivity (Wildman–Crippen MR) is 88.1 cm³/mol. The molecule has 2 heterocycles. The maximum Gasteiger partial charge on any atom is 0.312 e. The Bertz CT molecular complexity index is 488. The van der Waals surface area contributed by atoms with Gasteiger partial charge in [-0.05, 0) is 26.7 Å². The monoisotopic (exact) mass is 342 g/mol. The van der Waals surface area contributed by atoms with Crippen LogP contribution >= 0.6 is 0 Å². The van der Waals surface area contributed by atoms with E-state index in [0.29, 0.717) is 18.6 Å². The summed E-state index contributed by atoms with van der Waals surface area (Å²) in [6, 6.07) is 0. The highest BCUT2D eigenvalue weighted by Gasteiger charge is 2.62. The quantitative estimate of drug-likeness (QED) is 0.774. The summed E-state index contributed by atoms with van der Waals surface area (Å²) in [5, 5.41) is 10.9. The van der Waals surface area contributed by atoms with E-state index in [1.165, 1.54) is 7.11 Å². The summed E-state index contributed by atoms with van der Waals surface area (Å²) in [5.41, 5.74) is -1.10. The maximum atomic E-state index is 12.1. The lowest BCUT2D eigenvalue weighted by atomic mass is 9.79. The van der Waals surface area contributed by atoms with E-state index in [1.54, 1.807) is 0 Å². The van der Waals surface area contributed by atoms with Crippen LogP contribution in [0.1, 0.15) is 53.4 Å². The Morgan fingerprint density at radius 3 is 2.62 bits per heavy atom. The molecule has 4 unspecified atom stereocenters. The Morgan fingerprint density at radius 2 is 2.12 bits per heavy atom. The topological polar surface area (TPSA) is 74.2 Å². The molecule has 0 aromatic rings. The number of hydrogen-bond donors (Lipinski definition) is 1. The minimum absolute atomic E-state index is 0.273. The normalized spacial score (nSPS) is 36.4. The van der Waals surface area contributed by atoms with Crippen LogP contribution in [-0.4, -0.2) is 47.9 Å². The van der Waals surface area contributed by atoms with Gasteiger partial charge < -0.3 is 24.1 Å². The van der Waals surface area contributed by atoms with Crippen molar-refractivity contribution in [1.29, 1.82) is 0 Å². The zero-order valence-electron chi connectivity index (χ0n) is 15.3. The van der Waals surface area contributed by atoms with Gasteiger partial charge >= 0.3 is 5.97 Å². The number of carbonyl (C=O) groups is 1. The van der Waals surface area contributed by atoms with Gasteiger partial charge in [0.05, 0.1) is 25.2 Å². The summed E-state index contributed by atoms with van der Waals surface area (Å²) in [6.45, 7) is 11.6. The molecule has 0 aliphatic carbocycles. The number of esters is 1. The minimum atomic E-state index is -1.10. The summed E-state index contributed by atoms with van der Waals surface area (Å²) in [4.78, 5) is 12.1. The van der Waals surface area contributed by atoms with E-state index < -0.39 is 29.5 Å². The van der Waals surface area contributed by atoms with Gasteiger partial charge in [0, 0.05) is 6.42 Å². The second kappa shape index (κ2) is 7.02. The summed E-state index contributed by atoms with van der Waals surface area (Å²) >= 11 is 0. The van der Waals surface area contributed by atoms with Gasteiger partial charge in [-0.15, -0.1) is 0 Å². The van der Waals surface area contributed by atoms with Gasteiger partial charge in [-0.25, -0.2) is 0 Å². The van der Waals surface area contributed by atoms with Crippen molar-refractivity contribution in [2.75, 3.05) is 7.11 Å². The molecule has 0 saturated carbocycles. The molecule has 1 spiro atoms.